The van der Waals surface area contributed by atoms with Gasteiger partial charge in [0.15, 0.2) is 0 Å². The molecule has 0 spiro atoms. The molecular formula is C12H19NO3. The van der Waals surface area contributed by atoms with Crippen LogP contribution in [0.3, 0.4) is 0 Å². The largest absolute Gasteiger partial charge is 0.379 e. The Morgan fingerprint density at radius 2 is 2.31 bits per heavy atom. The van der Waals surface area contributed by atoms with Crippen LogP contribution in [0.5, 0.6) is 0 Å². The smallest absolute Gasteiger partial charge is 0.204 e. The first-order valence-electron chi connectivity index (χ1n) is 5.49. The van der Waals surface area contributed by atoms with E-state index in [0.717, 1.165) is 0 Å². The molecule has 0 radical (unpaired) electrons. The molecule has 0 amide bonds. The molecule has 1 heterocycles. The molecule has 4 heteroatoms. The Kier molecular flexibility index (Phi) is 5.22. The Balaban J connectivity index is 2.33. The van der Waals surface area contributed by atoms with Crippen LogP contribution in [-0.4, -0.2) is 36.3 Å². The van der Waals surface area contributed by atoms with E-state index in [-0.39, 0.29) is 18.5 Å². The van der Waals surface area contributed by atoms with Gasteiger partial charge in [-0.15, -0.1) is 0 Å². The number of carbonyl (C=O) groups is 1. The van der Waals surface area contributed by atoms with Crippen LogP contribution in [-0.2, 0) is 16.5 Å². The van der Waals surface area contributed by atoms with Crippen molar-refractivity contribution in [2.45, 2.75) is 20.0 Å². The summed E-state index contributed by atoms with van der Waals surface area (Å²) in [5.74, 6) is -0.00384. The summed E-state index contributed by atoms with van der Waals surface area (Å²) in [5, 5.41) is 0. The molecule has 1 unspecified atom stereocenters. The maximum Gasteiger partial charge on any atom is 0.204 e. The van der Waals surface area contributed by atoms with Gasteiger partial charge in [-0.25, -0.2) is 0 Å². The third-order valence-electron chi connectivity index (χ3n) is 2.29. The van der Waals surface area contributed by atoms with Crippen molar-refractivity contribution in [3.8, 4) is 0 Å². The van der Waals surface area contributed by atoms with E-state index in [1.807, 2.05) is 33.2 Å². The minimum atomic E-state index is -0.0517. The van der Waals surface area contributed by atoms with E-state index in [4.69, 9.17) is 9.47 Å². The van der Waals surface area contributed by atoms with Gasteiger partial charge in [-0.05, 0) is 26.0 Å². The SMILES string of the molecule is CCOCC(C)OCC(=O)c1cccn1C. The average Bonchev–Trinajstić information content (AvgIpc) is 2.69. The van der Waals surface area contributed by atoms with Crippen molar-refractivity contribution in [2.75, 3.05) is 19.8 Å². The Hall–Kier alpha value is -1.13. The highest BCUT2D eigenvalue weighted by molar-refractivity contribution is 5.95. The van der Waals surface area contributed by atoms with Gasteiger partial charge >= 0.3 is 0 Å². The molecule has 0 aliphatic rings. The van der Waals surface area contributed by atoms with Gasteiger partial charge in [0.2, 0.25) is 5.78 Å². The third kappa shape index (κ3) is 3.79. The summed E-state index contributed by atoms with van der Waals surface area (Å²) in [6.07, 6.45) is 1.79. The second-order valence-corrected chi connectivity index (χ2v) is 3.71. The predicted molar refractivity (Wildman–Crippen MR) is 61.7 cm³/mol. The Morgan fingerprint density at radius 1 is 1.56 bits per heavy atom. The van der Waals surface area contributed by atoms with E-state index in [1.165, 1.54) is 0 Å². The van der Waals surface area contributed by atoms with Gasteiger partial charge in [0.25, 0.3) is 0 Å². The molecule has 16 heavy (non-hydrogen) atoms. The maximum absolute atomic E-state index is 11.7. The molecule has 0 aliphatic heterocycles. The van der Waals surface area contributed by atoms with Crippen LogP contribution in [0.15, 0.2) is 18.3 Å². The molecule has 90 valence electrons. The molecule has 0 saturated carbocycles. The number of ether oxygens (including phenoxy) is 2. The predicted octanol–water partition coefficient (Wildman–Crippen LogP) is 1.65. The lowest BCUT2D eigenvalue weighted by Crippen LogP contribution is -2.21. The number of hydrogen-bond acceptors (Lipinski definition) is 3. The molecule has 0 fully saturated rings. The molecule has 4 nitrogen and oxygen atoms in total. The van der Waals surface area contributed by atoms with E-state index in [9.17, 15) is 4.79 Å². The molecule has 0 bridgehead atoms. The van der Waals surface area contributed by atoms with E-state index < -0.39 is 0 Å². The van der Waals surface area contributed by atoms with Gasteiger partial charge in [0.1, 0.15) is 6.61 Å². The topological polar surface area (TPSA) is 40.5 Å². The summed E-state index contributed by atoms with van der Waals surface area (Å²) in [5.41, 5.74) is 0.670. The zero-order chi connectivity index (χ0) is 12.0. The monoisotopic (exact) mass is 225 g/mol. The van der Waals surface area contributed by atoms with E-state index in [0.29, 0.717) is 18.9 Å². The molecule has 0 aromatic carbocycles. The highest BCUT2D eigenvalue weighted by atomic mass is 16.5. The maximum atomic E-state index is 11.7. The number of Topliss-reactive ketones (excluding diaryl/α,β-unsaturated/α-hetero) is 1. The second-order valence-electron chi connectivity index (χ2n) is 3.71. The van der Waals surface area contributed by atoms with Crippen molar-refractivity contribution < 1.29 is 14.3 Å². The minimum absolute atomic E-state index is 0.00384. The summed E-state index contributed by atoms with van der Waals surface area (Å²) in [7, 11) is 1.84. The highest BCUT2D eigenvalue weighted by Crippen LogP contribution is 2.02. The van der Waals surface area contributed by atoms with E-state index in [2.05, 4.69) is 0 Å². The van der Waals surface area contributed by atoms with Crippen molar-refractivity contribution >= 4 is 5.78 Å². The fraction of sp³-hybridized carbons (Fsp3) is 0.583. The fourth-order valence-corrected chi connectivity index (χ4v) is 1.37. The van der Waals surface area contributed by atoms with Gasteiger partial charge in [-0.1, -0.05) is 0 Å². The van der Waals surface area contributed by atoms with E-state index in [1.54, 1.807) is 10.6 Å². The molecule has 0 N–H and O–H groups in total. The molecule has 1 aromatic heterocycles. The van der Waals surface area contributed by atoms with Crippen molar-refractivity contribution in [3.63, 3.8) is 0 Å². The lowest BCUT2D eigenvalue weighted by molar-refractivity contribution is 0.000933. The lowest BCUT2D eigenvalue weighted by atomic mass is 10.3. The zero-order valence-corrected chi connectivity index (χ0v) is 10.1. The number of hydrogen-bond donors (Lipinski definition) is 0. The quantitative estimate of drug-likeness (QED) is 0.662. The number of carbonyl (C=O) groups excluding carboxylic acids is 1. The van der Waals surface area contributed by atoms with Crippen molar-refractivity contribution in [3.05, 3.63) is 24.0 Å². The first kappa shape index (κ1) is 12.9. The van der Waals surface area contributed by atoms with Gasteiger partial charge in [-0.3, -0.25) is 4.79 Å². The van der Waals surface area contributed by atoms with Crippen LogP contribution in [0, 0.1) is 0 Å². The molecular weight excluding hydrogens is 206 g/mol. The van der Waals surface area contributed by atoms with Crippen LogP contribution >= 0.6 is 0 Å². The molecule has 0 aliphatic carbocycles. The highest BCUT2D eigenvalue weighted by Gasteiger charge is 2.11. The zero-order valence-electron chi connectivity index (χ0n) is 10.1. The average molecular weight is 225 g/mol. The molecule has 1 rings (SSSR count). The molecule has 1 aromatic rings. The van der Waals surface area contributed by atoms with Crippen LogP contribution in [0.1, 0.15) is 24.3 Å². The summed E-state index contributed by atoms with van der Waals surface area (Å²) in [6.45, 7) is 5.12. The van der Waals surface area contributed by atoms with Crippen molar-refractivity contribution in [1.82, 2.24) is 4.57 Å². The van der Waals surface area contributed by atoms with Gasteiger partial charge in [0, 0.05) is 19.9 Å². The summed E-state index contributed by atoms with van der Waals surface area (Å²) < 4.78 is 12.4. The fourth-order valence-electron chi connectivity index (χ4n) is 1.37. The van der Waals surface area contributed by atoms with Gasteiger partial charge < -0.3 is 14.0 Å². The Bertz CT molecular complexity index is 333. The van der Waals surface area contributed by atoms with Gasteiger partial charge in [-0.2, -0.15) is 0 Å². The van der Waals surface area contributed by atoms with E-state index >= 15 is 0 Å². The number of aromatic nitrogens is 1. The standard InChI is InChI=1S/C12H19NO3/c1-4-15-8-10(2)16-9-12(14)11-6-5-7-13(11)3/h5-7,10H,4,8-9H2,1-3H3. The Morgan fingerprint density at radius 3 is 2.88 bits per heavy atom. The first-order chi connectivity index (χ1) is 7.65. The van der Waals surface area contributed by atoms with Crippen LogP contribution in [0.25, 0.3) is 0 Å². The molecule has 1 atom stereocenters. The van der Waals surface area contributed by atoms with Crippen LogP contribution < -0.4 is 0 Å². The number of nitrogens with zero attached hydrogens (tertiary/aromatic N) is 1. The third-order valence-corrected chi connectivity index (χ3v) is 2.29. The van der Waals surface area contributed by atoms with Gasteiger partial charge in [0.05, 0.1) is 18.4 Å². The summed E-state index contributed by atoms with van der Waals surface area (Å²) >= 11 is 0. The van der Waals surface area contributed by atoms with Crippen molar-refractivity contribution in [2.24, 2.45) is 7.05 Å². The van der Waals surface area contributed by atoms with Crippen LogP contribution in [0.4, 0.5) is 0 Å². The summed E-state index contributed by atoms with van der Waals surface area (Å²) in [6, 6.07) is 3.63. The molecule has 0 saturated heterocycles. The number of aryl methyl sites for hydroxylation is 1. The summed E-state index contributed by atoms with van der Waals surface area (Å²) in [4.78, 5) is 11.7. The minimum Gasteiger partial charge on any atom is -0.379 e. The normalized spacial score (nSPS) is 12.7. The van der Waals surface area contributed by atoms with Crippen molar-refractivity contribution in [1.29, 1.82) is 0 Å². The Labute approximate surface area is 96.2 Å². The first-order valence-corrected chi connectivity index (χ1v) is 5.49. The van der Waals surface area contributed by atoms with Crippen LogP contribution in [0.2, 0.25) is 0 Å². The number of ketones is 1. The lowest BCUT2D eigenvalue weighted by Gasteiger charge is -2.12. The number of rotatable bonds is 7. The second kappa shape index (κ2) is 6.45.